The normalized spacial score (nSPS) is 10.8. The van der Waals surface area contributed by atoms with Gasteiger partial charge >= 0.3 is 0 Å². The molecule has 0 aliphatic rings. The molecule has 0 amide bonds. The number of aryl methyl sites for hydroxylation is 1. The molecule has 1 aromatic carbocycles. The Morgan fingerprint density at radius 1 is 1.20 bits per heavy atom. The highest BCUT2D eigenvalue weighted by atomic mass is 15.0. The van der Waals surface area contributed by atoms with Gasteiger partial charge < -0.3 is 11.1 Å². The van der Waals surface area contributed by atoms with Gasteiger partial charge in [0.05, 0.1) is 11.9 Å². The van der Waals surface area contributed by atoms with E-state index < -0.39 is 0 Å². The number of hydrogen-bond acceptors (Lipinski definition) is 3. The summed E-state index contributed by atoms with van der Waals surface area (Å²) in [5.41, 5.74) is 10.2. The minimum atomic E-state index is 0.587. The van der Waals surface area contributed by atoms with Gasteiger partial charge in [0, 0.05) is 6.54 Å². The van der Waals surface area contributed by atoms with Crippen LogP contribution in [0.4, 0.5) is 11.5 Å². The molecule has 0 aliphatic carbocycles. The number of anilines is 2. The third kappa shape index (κ3) is 3.73. The average molecular weight is 269 g/mol. The summed E-state index contributed by atoms with van der Waals surface area (Å²) in [5.74, 6) is 1.50. The van der Waals surface area contributed by atoms with Gasteiger partial charge in [-0.15, -0.1) is 0 Å². The van der Waals surface area contributed by atoms with Gasteiger partial charge in [-0.3, -0.25) is 0 Å². The van der Waals surface area contributed by atoms with Crippen molar-refractivity contribution < 1.29 is 0 Å². The second-order valence-electron chi connectivity index (χ2n) is 5.51. The van der Waals surface area contributed by atoms with Crippen molar-refractivity contribution in [3.63, 3.8) is 0 Å². The fourth-order valence-corrected chi connectivity index (χ4v) is 2.18. The molecular formula is C17H23N3. The Labute approximate surface area is 121 Å². The molecule has 106 valence electrons. The molecule has 0 unspecified atom stereocenters. The summed E-state index contributed by atoms with van der Waals surface area (Å²) in [6.07, 6.45) is 2.68. The van der Waals surface area contributed by atoms with Gasteiger partial charge in [-0.2, -0.15) is 0 Å². The van der Waals surface area contributed by atoms with Gasteiger partial charge in [-0.1, -0.05) is 38.1 Å². The predicted octanol–water partition coefficient (Wildman–Crippen LogP) is 3.75. The van der Waals surface area contributed by atoms with Crippen molar-refractivity contribution in [2.75, 3.05) is 17.6 Å². The minimum absolute atomic E-state index is 0.587. The van der Waals surface area contributed by atoms with E-state index in [2.05, 4.69) is 48.4 Å². The summed E-state index contributed by atoms with van der Waals surface area (Å²) >= 11 is 0. The predicted molar refractivity (Wildman–Crippen MR) is 86.1 cm³/mol. The summed E-state index contributed by atoms with van der Waals surface area (Å²) in [5, 5.41) is 3.36. The number of rotatable bonds is 5. The van der Waals surface area contributed by atoms with Gasteiger partial charge in [0.2, 0.25) is 0 Å². The number of pyridine rings is 1. The van der Waals surface area contributed by atoms with Gasteiger partial charge in [0.15, 0.2) is 0 Å². The molecule has 3 nitrogen and oxygen atoms in total. The van der Waals surface area contributed by atoms with Crippen molar-refractivity contribution in [2.24, 2.45) is 0 Å². The van der Waals surface area contributed by atoms with Crippen molar-refractivity contribution in [2.45, 2.75) is 33.1 Å². The Morgan fingerprint density at radius 3 is 2.50 bits per heavy atom. The van der Waals surface area contributed by atoms with Crippen LogP contribution in [0.2, 0.25) is 0 Å². The minimum Gasteiger partial charge on any atom is -0.397 e. The molecule has 0 radical (unpaired) electrons. The zero-order valence-electron chi connectivity index (χ0n) is 12.5. The van der Waals surface area contributed by atoms with Crippen LogP contribution in [0.3, 0.4) is 0 Å². The number of benzene rings is 1. The third-order valence-corrected chi connectivity index (χ3v) is 3.45. The summed E-state index contributed by atoms with van der Waals surface area (Å²) in [4.78, 5) is 4.31. The number of nitrogen functional groups attached to an aromatic ring is 1. The lowest BCUT2D eigenvalue weighted by Gasteiger charge is -2.10. The van der Waals surface area contributed by atoms with Crippen LogP contribution in [0, 0.1) is 6.92 Å². The first kappa shape index (κ1) is 14.4. The zero-order valence-corrected chi connectivity index (χ0v) is 12.5. The van der Waals surface area contributed by atoms with Crippen LogP contribution in [-0.4, -0.2) is 11.5 Å². The number of aromatic nitrogens is 1. The zero-order chi connectivity index (χ0) is 14.5. The summed E-state index contributed by atoms with van der Waals surface area (Å²) in [6, 6.07) is 10.8. The van der Waals surface area contributed by atoms with Crippen LogP contribution < -0.4 is 11.1 Å². The number of nitrogens with two attached hydrogens (primary N) is 1. The van der Waals surface area contributed by atoms with Gasteiger partial charge in [0.1, 0.15) is 5.82 Å². The highest BCUT2D eigenvalue weighted by molar-refractivity contribution is 5.50. The van der Waals surface area contributed by atoms with Gasteiger partial charge in [-0.25, -0.2) is 4.98 Å². The molecule has 0 atom stereocenters. The Hall–Kier alpha value is -2.03. The van der Waals surface area contributed by atoms with E-state index in [0.29, 0.717) is 11.6 Å². The van der Waals surface area contributed by atoms with Crippen molar-refractivity contribution in [1.29, 1.82) is 0 Å². The molecule has 2 rings (SSSR count). The summed E-state index contributed by atoms with van der Waals surface area (Å²) in [7, 11) is 0. The number of hydrogen-bond donors (Lipinski definition) is 2. The van der Waals surface area contributed by atoms with Crippen LogP contribution in [0.15, 0.2) is 36.5 Å². The first-order valence-corrected chi connectivity index (χ1v) is 7.11. The van der Waals surface area contributed by atoms with Crippen molar-refractivity contribution in [3.05, 3.63) is 53.2 Å². The third-order valence-electron chi connectivity index (χ3n) is 3.45. The van der Waals surface area contributed by atoms with E-state index >= 15 is 0 Å². The molecule has 3 heteroatoms. The van der Waals surface area contributed by atoms with E-state index in [1.807, 2.05) is 13.0 Å². The molecule has 1 heterocycles. The first-order valence-electron chi connectivity index (χ1n) is 7.11. The van der Waals surface area contributed by atoms with Crippen molar-refractivity contribution in [3.8, 4) is 0 Å². The maximum Gasteiger partial charge on any atom is 0.129 e. The lowest BCUT2D eigenvalue weighted by atomic mass is 10.0. The molecule has 0 saturated heterocycles. The Morgan fingerprint density at radius 2 is 1.90 bits per heavy atom. The fourth-order valence-electron chi connectivity index (χ4n) is 2.18. The maximum atomic E-state index is 5.70. The van der Waals surface area contributed by atoms with Crippen LogP contribution in [0.25, 0.3) is 0 Å². The van der Waals surface area contributed by atoms with E-state index in [4.69, 9.17) is 5.73 Å². The summed E-state index contributed by atoms with van der Waals surface area (Å²) < 4.78 is 0. The average Bonchev–Trinajstić information content (AvgIpc) is 2.42. The second-order valence-corrected chi connectivity index (χ2v) is 5.51. The molecule has 0 aliphatic heterocycles. The second kappa shape index (κ2) is 6.42. The topological polar surface area (TPSA) is 50.9 Å². The van der Waals surface area contributed by atoms with Gasteiger partial charge in [-0.05, 0) is 42.0 Å². The molecular weight excluding hydrogens is 246 g/mol. The molecule has 3 N–H and O–H groups in total. The van der Waals surface area contributed by atoms with E-state index in [1.54, 1.807) is 6.20 Å². The summed E-state index contributed by atoms with van der Waals surface area (Å²) in [6.45, 7) is 7.32. The monoisotopic (exact) mass is 269 g/mol. The fraction of sp³-hybridized carbons (Fsp3) is 0.353. The SMILES string of the molecule is Cc1cc(N)cnc1NCCc1ccc(C(C)C)cc1. The number of nitrogens with zero attached hydrogens (tertiary/aromatic N) is 1. The van der Waals surface area contributed by atoms with Crippen LogP contribution >= 0.6 is 0 Å². The Balaban J connectivity index is 1.89. The van der Waals surface area contributed by atoms with E-state index in [-0.39, 0.29) is 0 Å². The molecule has 1 aromatic heterocycles. The highest BCUT2D eigenvalue weighted by Crippen LogP contribution is 2.16. The maximum absolute atomic E-state index is 5.70. The van der Waals surface area contributed by atoms with E-state index in [0.717, 1.165) is 24.3 Å². The van der Waals surface area contributed by atoms with Crippen molar-refractivity contribution >= 4 is 11.5 Å². The smallest absolute Gasteiger partial charge is 0.129 e. The van der Waals surface area contributed by atoms with Crippen LogP contribution in [0.5, 0.6) is 0 Å². The highest BCUT2D eigenvalue weighted by Gasteiger charge is 2.01. The van der Waals surface area contributed by atoms with Crippen LogP contribution in [-0.2, 0) is 6.42 Å². The van der Waals surface area contributed by atoms with E-state index in [1.165, 1.54) is 11.1 Å². The quantitative estimate of drug-likeness (QED) is 0.869. The number of nitrogens with one attached hydrogen (secondary N) is 1. The largest absolute Gasteiger partial charge is 0.397 e. The molecule has 0 saturated carbocycles. The Kier molecular flexibility index (Phi) is 4.61. The van der Waals surface area contributed by atoms with Crippen molar-refractivity contribution in [1.82, 2.24) is 4.98 Å². The molecule has 20 heavy (non-hydrogen) atoms. The molecule has 0 bridgehead atoms. The molecule has 2 aromatic rings. The molecule has 0 spiro atoms. The lowest BCUT2D eigenvalue weighted by Crippen LogP contribution is -2.08. The first-order chi connectivity index (χ1) is 9.56. The van der Waals surface area contributed by atoms with E-state index in [9.17, 15) is 0 Å². The Bertz CT molecular complexity index is 559. The lowest BCUT2D eigenvalue weighted by molar-refractivity contribution is 0.864. The van der Waals surface area contributed by atoms with Gasteiger partial charge in [0.25, 0.3) is 0 Å². The standard InChI is InChI=1S/C17H23N3/c1-12(2)15-6-4-14(5-7-15)8-9-19-17-13(3)10-16(18)11-20-17/h4-7,10-12H,8-9,18H2,1-3H3,(H,19,20). The van der Waals surface area contributed by atoms with Crippen LogP contribution in [0.1, 0.15) is 36.5 Å². The molecule has 0 fully saturated rings.